The molecule has 2 aliphatic carbocycles. The van der Waals surface area contributed by atoms with Crippen LogP contribution < -0.4 is 6.15 Å². The van der Waals surface area contributed by atoms with Crippen LogP contribution in [-0.4, -0.2) is 0 Å². The van der Waals surface area contributed by atoms with Crippen LogP contribution >= 0.6 is 0 Å². The van der Waals surface area contributed by atoms with Crippen LogP contribution in [0.4, 0.5) is 4.39 Å². The van der Waals surface area contributed by atoms with Gasteiger partial charge in [-0.15, -0.1) is 0 Å². The van der Waals surface area contributed by atoms with Crippen LogP contribution in [0.5, 0.6) is 0 Å². The number of halogens is 1. The van der Waals surface area contributed by atoms with E-state index >= 15 is 0 Å². The van der Waals surface area contributed by atoms with Crippen molar-refractivity contribution in [3.05, 3.63) is 24.0 Å². The van der Waals surface area contributed by atoms with Crippen LogP contribution in [0.1, 0.15) is 0 Å². The topological polar surface area (TPSA) is 35.0 Å². The Labute approximate surface area is 46.7 Å². The van der Waals surface area contributed by atoms with E-state index in [9.17, 15) is 4.39 Å². The summed E-state index contributed by atoms with van der Waals surface area (Å²) in [6.45, 7) is 0. The fourth-order valence-electron chi connectivity index (χ4n) is 0.743. The second-order valence-electron chi connectivity index (χ2n) is 1.69. The first-order valence-corrected chi connectivity index (χ1v) is 2.18. The average molecular weight is 111 g/mol. The second-order valence-corrected chi connectivity index (χ2v) is 1.69. The van der Waals surface area contributed by atoms with E-state index in [0.29, 0.717) is 0 Å². The molecule has 42 valence electrons. The van der Waals surface area contributed by atoms with Gasteiger partial charge < -0.3 is 6.15 Å². The molecule has 0 atom stereocenters. The number of hydrogen-bond acceptors (Lipinski definition) is 1. The highest BCUT2D eigenvalue weighted by molar-refractivity contribution is 5.76. The van der Waals surface area contributed by atoms with Crippen molar-refractivity contribution in [1.82, 2.24) is 6.15 Å². The molecule has 1 nitrogen and oxygen atoms in total. The normalized spacial score (nSPS) is 10.1. The van der Waals surface area contributed by atoms with Gasteiger partial charge in [0.05, 0.1) is 0 Å². The molecule has 3 N–H and O–H groups in total. The van der Waals surface area contributed by atoms with Gasteiger partial charge in [0.2, 0.25) is 0 Å². The van der Waals surface area contributed by atoms with E-state index in [1.807, 2.05) is 6.07 Å². The maximum Gasteiger partial charge on any atom is 0.131 e. The van der Waals surface area contributed by atoms with Gasteiger partial charge in [-0.1, -0.05) is 12.1 Å². The molecule has 2 aliphatic rings. The molecular weight excluding hydrogens is 105 g/mol. The van der Waals surface area contributed by atoms with Crippen molar-refractivity contribution < 1.29 is 4.39 Å². The fourth-order valence-corrected chi connectivity index (χ4v) is 0.743. The second kappa shape index (κ2) is 1.29. The van der Waals surface area contributed by atoms with Crippen molar-refractivity contribution in [3.63, 3.8) is 0 Å². The molecule has 0 fully saturated rings. The highest BCUT2D eigenvalue weighted by atomic mass is 19.1. The third-order valence-corrected chi connectivity index (χ3v) is 1.28. The molecule has 2 rings (SSSR count). The summed E-state index contributed by atoms with van der Waals surface area (Å²) in [6.07, 6.45) is 0. The Kier molecular flexibility index (Phi) is 0.848. The van der Waals surface area contributed by atoms with Crippen LogP contribution in [0.3, 0.4) is 0 Å². The largest absolute Gasteiger partial charge is 0.344 e. The van der Waals surface area contributed by atoms with Crippen molar-refractivity contribution in [1.29, 1.82) is 0 Å². The zero-order chi connectivity index (χ0) is 4.85. The Bertz CT molecular complexity index is 220. The van der Waals surface area contributed by atoms with Gasteiger partial charge in [0.25, 0.3) is 0 Å². The van der Waals surface area contributed by atoms with Crippen molar-refractivity contribution >= 4 is 0 Å². The standard InChI is InChI=1S/C6H3F.H3N/c7-6-3-4-1-2-5(4)6;/h1-3H;1H3. The minimum absolute atomic E-state index is 0. The summed E-state index contributed by atoms with van der Waals surface area (Å²) in [7, 11) is 0. The molecular formula is C6H6FN. The molecule has 0 unspecified atom stereocenters. The van der Waals surface area contributed by atoms with Gasteiger partial charge in [0.1, 0.15) is 5.82 Å². The molecule has 0 saturated carbocycles. The summed E-state index contributed by atoms with van der Waals surface area (Å²) in [5, 5.41) is 0. The minimum atomic E-state index is -0.0579. The van der Waals surface area contributed by atoms with Gasteiger partial charge in [0.15, 0.2) is 0 Å². The molecule has 2 heteroatoms. The molecule has 0 heterocycles. The van der Waals surface area contributed by atoms with E-state index in [-0.39, 0.29) is 12.0 Å². The van der Waals surface area contributed by atoms with E-state index in [2.05, 4.69) is 0 Å². The van der Waals surface area contributed by atoms with Crippen molar-refractivity contribution in [3.8, 4) is 11.1 Å². The first-order chi connectivity index (χ1) is 3.38. The maximum absolute atomic E-state index is 12.0. The molecule has 0 saturated heterocycles. The zero-order valence-corrected chi connectivity index (χ0v) is 4.32. The van der Waals surface area contributed by atoms with Gasteiger partial charge in [-0.25, -0.2) is 4.39 Å². The lowest BCUT2D eigenvalue weighted by Crippen LogP contribution is -1.94. The van der Waals surface area contributed by atoms with E-state index < -0.39 is 0 Å². The molecule has 0 amide bonds. The summed E-state index contributed by atoms with van der Waals surface area (Å²) in [5.41, 5.74) is 1.87. The summed E-state index contributed by atoms with van der Waals surface area (Å²) in [4.78, 5) is 0. The summed E-state index contributed by atoms with van der Waals surface area (Å²) in [5.74, 6) is -0.0579. The molecule has 0 spiro atoms. The Morgan fingerprint density at radius 2 is 2.00 bits per heavy atom. The van der Waals surface area contributed by atoms with E-state index in [1.54, 1.807) is 6.07 Å². The predicted molar refractivity (Wildman–Crippen MR) is 30.4 cm³/mol. The van der Waals surface area contributed by atoms with Crippen molar-refractivity contribution in [2.45, 2.75) is 0 Å². The maximum atomic E-state index is 12.0. The Morgan fingerprint density at radius 1 is 1.25 bits per heavy atom. The highest BCUT2D eigenvalue weighted by Crippen LogP contribution is 2.34. The van der Waals surface area contributed by atoms with Crippen molar-refractivity contribution in [2.24, 2.45) is 0 Å². The van der Waals surface area contributed by atoms with Crippen LogP contribution in [0.2, 0.25) is 0 Å². The summed E-state index contributed by atoms with van der Waals surface area (Å²) >= 11 is 0. The van der Waals surface area contributed by atoms with Crippen LogP contribution in [-0.2, 0) is 0 Å². The first kappa shape index (κ1) is 5.25. The van der Waals surface area contributed by atoms with E-state index in [4.69, 9.17) is 0 Å². The Morgan fingerprint density at radius 3 is 2.00 bits per heavy atom. The van der Waals surface area contributed by atoms with Crippen LogP contribution in [0.25, 0.3) is 11.1 Å². The number of fused-ring (bicyclic) bond motifs is 1. The smallest absolute Gasteiger partial charge is 0.131 e. The molecule has 0 aromatic heterocycles. The lowest BCUT2D eigenvalue weighted by Gasteiger charge is -2.13. The summed E-state index contributed by atoms with van der Waals surface area (Å²) in [6, 6.07) is 5.22. The quantitative estimate of drug-likeness (QED) is 0.554. The fraction of sp³-hybridized carbons (Fsp3) is 0. The van der Waals surface area contributed by atoms with Gasteiger partial charge in [0, 0.05) is 5.56 Å². The first-order valence-electron chi connectivity index (χ1n) is 2.18. The van der Waals surface area contributed by atoms with Crippen LogP contribution in [0, 0.1) is 5.82 Å². The zero-order valence-electron chi connectivity index (χ0n) is 4.32. The third kappa shape index (κ3) is 0.333. The number of benzene rings is 1. The van der Waals surface area contributed by atoms with Gasteiger partial charge in [-0.3, -0.25) is 0 Å². The SMILES string of the molecule is Fc1cc2ccc1-2.N. The van der Waals surface area contributed by atoms with E-state index in [1.165, 1.54) is 6.07 Å². The highest BCUT2D eigenvalue weighted by Gasteiger charge is 2.14. The predicted octanol–water partition coefficient (Wildman–Crippen LogP) is 1.97. The third-order valence-electron chi connectivity index (χ3n) is 1.28. The van der Waals surface area contributed by atoms with Crippen molar-refractivity contribution in [2.75, 3.05) is 0 Å². The van der Waals surface area contributed by atoms with Crippen LogP contribution in [0.15, 0.2) is 18.2 Å². The molecule has 0 aromatic carbocycles. The monoisotopic (exact) mass is 111 g/mol. The summed E-state index contributed by atoms with van der Waals surface area (Å²) < 4.78 is 12.0. The van der Waals surface area contributed by atoms with Gasteiger partial charge in [-0.05, 0) is 11.6 Å². The number of hydrogen-bond donors (Lipinski definition) is 1. The lowest BCUT2D eigenvalue weighted by atomic mass is 9.93. The molecule has 8 heavy (non-hydrogen) atoms. The lowest BCUT2D eigenvalue weighted by molar-refractivity contribution is 0.621. The Balaban J connectivity index is 0.000000320. The van der Waals surface area contributed by atoms with Gasteiger partial charge in [-0.2, -0.15) is 0 Å². The molecule has 0 aromatic rings. The molecule has 0 radical (unpaired) electrons. The average Bonchev–Trinajstić information content (AvgIpc) is 1.59. The minimum Gasteiger partial charge on any atom is -0.344 e. The van der Waals surface area contributed by atoms with E-state index in [0.717, 1.165) is 11.1 Å². The number of rotatable bonds is 0. The van der Waals surface area contributed by atoms with Gasteiger partial charge >= 0.3 is 0 Å². The molecule has 0 aliphatic heterocycles. The molecule has 0 bridgehead atoms. The Hall–Kier alpha value is -0.890.